The predicted molar refractivity (Wildman–Crippen MR) is 35.2 cm³/mol. The van der Waals surface area contributed by atoms with Gasteiger partial charge in [-0.2, -0.15) is 0 Å². The number of nitrogens with one attached hydrogen (secondary N) is 1. The number of aliphatic carboxylic acids is 1. The molecule has 0 saturated carbocycles. The lowest BCUT2D eigenvalue weighted by Crippen LogP contribution is -2.40. The summed E-state index contributed by atoms with van der Waals surface area (Å²) in [5.74, 6) is -1.11. The molecule has 4 nitrogen and oxygen atoms in total. The maximum absolute atomic E-state index is 10.1. The van der Waals surface area contributed by atoms with Crippen LogP contribution in [0.5, 0.6) is 0 Å². The standard InChI is InChI=1S/C4H9NO3S/c1-2(6)3(5-9)4(7)8/h2-3,5-6,9H,1H3,(H,7,8)/t2-,3-/m0/s1. The molecule has 0 spiro atoms. The monoisotopic (exact) mass is 151 g/mol. The minimum atomic E-state index is -1.11. The zero-order valence-corrected chi connectivity index (χ0v) is 5.80. The molecule has 0 fully saturated rings. The first-order valence-electron chi connectivity index (χ1n) is 2.40. The highest BCUT2D eigenvalue weighted by Gasteiger charge is 2.20. The summed E-state index contributed by atoms with van der Waals surface area (Å²) in [6.45, 7) is 1.38. The molecule has 0 heterocycles. The lowest BCUT2D eigenvalue weighted by molar-refractivity contribution is -0.141. The van der Waals surface area contributed by atoms with E-state index >= 15 is 0 Å². The van der Waals surface area contributed by atoms with Crippen LogP contribution in [0.4, 0.5) is 0 Å². The molecule has 0 bridgehead atoms. The molecule has 0 aliphatic rings. The Bertz CT molecular complexity index is 106. The Labute approximate surface area is 58.4 Å². The van der Waals surface area contributed by atoms with Crippen molar-refractivity contribution in [3.63, 3.8) is 0 Å². The van der Waals surface area contributed by atoms with Gasteiger partial charge in [0.1, 0.15) is 6.04 Å². The van der Waals surface area contributed by atoms with Gasteiger partial charge in [0.25, 0.3) is 0 Å². The van der Waals surface area contributed by atoms with Gasteiger partial charge in [0.2, 0.25) is 0 Å². The summed E-state index contributed by atoms with van der Waals surface area (Å²) in [5.41, 5.74) is 0. The Morgan fingerprint density at radius 2 is 2.22 bits per heavy atom. The zero-order chi connectivity index (χ0) is 7.44. The smallest absolute Gasteiger partial charge is 0.324 e. The number of carboxylic acids is 1. The van der Waals surface area contributed by atoms with E-state index < -0.39 is 18.1 Å². The average Bonchev–Trinajstić information content (AvgIpc) is 1.64. The van der Waals surface area contributed by atoms with Crippen molar-refractivity contribution >= 4 is 18.8 Å². The van der Waals surface area contributed by atoms with E-state index in [1.165, 1.54) is 6.92 Å². The summed E-state index contributed by atoms with van der Waals surface area (Å²) in [5, 5.41) is 17.0. The molecule has 3 N–H and O–H groups in total. The van der Waals surface area contributed by atoms with Crippen LogP contribution in [-0.2, 0) is 4.79 Å². The Hall–Kier alpha value is -0.260. The van der Waals surface area contributed by atoms with Crippen LogP contribution in [0.15, 0.2) is 0 Å². The number of aliphatic hydroxyl groups is 1. The Morgan fingerprint density at radius 3 is 2.22 bits per heavy atom. The van der Waals surface area contributed by atoms with Crippen molar-refractivity contribution in [2.75, 3.05) is 0 Å². The third-order valence-electron chi connectivity index (χ3n) is 0.888. The van der Waals surface area contributed by atoms with Crippen LogP contribution in [0.2, 0.25) is 0 Å². The van der Waals surface area contributed by atoms with Crippen LogP contribution >= 0.6 is 12.8 Å². The third-order valence-corrected chi connectivity index (χ3v) is 1.17. The number of hydrogen-bond donors (Lipinski definition) is 4. The molecule has 0 saturated heterocycles. The Balaban J connectivity index is 3.83. The normalized spacial score (nSPS) is 16.8. The van der Waals surface area contributed by atoms with Gasteiger partial charge in [-0.15, -0.1) is 0 Å². The summed E-state index contributed by atoms with van der Waals surface area (Å²) in [6, 6.07) is -0.992. The van der Waals surface area contributed by atoms with Gasteiger partial charge in [0.15, 0.2) is 0 Å². The highest BCUT2D eigenvalue weighted by Crippen LogP contribution is 1.92. The summed E-state index contributed by atoms with van der Waals surface area (Å²) in [4.78, 5) is 10.1. The number of rotatable bonds is 3. The van der Waals surface area contributed by atoms with E-state index in [-0.39, 0.29) is 0 Å². The minimum absolute atomic E-state index is 0.931. The van der Waals surface area contributed by atoms with E-state index in [0.29, 0.717) is 0 Å². The van der Waals surface area contributed by atoms with E-state index in [2.05, 4.69) is 17.5 Å². The lowest BCUT2D eigenvalue weighted by Gasteiger charge is -2.11. The van der Waals surface area contributed by atoms with Gasteiger partial charge in [0, 0.05) is 0 Å². The van der Waals surface area contributed by atoms with Crippen molar-refractivity contribution < 1.29 is 15.0 Å². The lowest BCUT2D eigenvalue weighted by atomic mass is 10.2. The zero-order valence-electron chi connectivity index (χ0n) is 4.90. The van der Waals surface area contributed by atoms with Crippen LogP contribution in [0.1, 0.15) is 6.92 Å². The van der Waals surface area contributed by atoms with Gasteiger partial charge in [-0.25, -0.2) is 0 Å². The first-order chi connectivity index (χ1) is 4.09. The molecule has 0 aliphatic heterocycles. The van der Waals surface area contributed by atoms with Crippen molar-refractivity contribution in [2.24, 2.45) is 0 Å². The van der Waals surface area contributed by atoms with Crippen LogP contribution in [-0.4, -0.2) is 28.3 Å². The molecule has 2 atom stereocenters. The Morgan fingerprint density at radius 1 is 1.78 bits per heavy atom. The van der Waals surface area contributed by atoms with Gasteiger partial charge in [-0.05, 0) is 6.92 Å². The molecule has 9 heavy (non-hydrogen) atoms. The quantitative estimate of drug-likeness (QED) is 0.401. The fourth-order valence-corrected chi connectivity index (χ4v) is 0.696. The molecule has 0 unspecified atom stereocenters. The van der Waals surface area contributed by atoms with E-state index in [0.717, 1.165) is 0 Å². The second kappa shape index (κ2) is 3.71. The molecule has 0 aromatic carbocycles. The van der Waals surface area contributed by atoms with Crippen LogP contribution in [0.3, 0.4) is 0 Å². The molecule has 0 aromatic heterocycles. The number of aliphatic hydroxyl groups excluding tert-OH is 1. The van der Waals surface area contributed by atoms with Crippen LogP contribution in [0.25, 0.3) is 0 Å². The van der Waals surface area contributed by atoms with Gasteiger partial charge < -0.3 is 10.2 Å². The van der Waals surface area contributed by atoms with E-state index in [4.69, 9.17) is 10.2 Å². The van der Waals surface area contributed by atoms with Gasteiger partial charge >= 0.3 is 5.97 Å². The molecule has 0 aliphatic carbocycles. The molecular formula is C4H9NO3S. The molecule has 0 amide bonds. The first-order valence-corrected chi connectivity index (χ1v) is 2.84. The molecule has 0 aromatic rings. The number of hydrogen-bond acceptors (Lipinski definition) is 4. The van der Waals surface area contributed by atoms with Gasteiger partial charge in [-0.1, -0.05) is 12.8 Å². The highest BCUT2D eigenvalue weighted by molar-refractivity contribution is 7.78. The van der Waals surface area contributed by atoms with E-state index in [1.54, 1.807) is 0 Å². The number of carbonyl (C=O) groups is 1. The van der Waals surface area contributed by atoms with Crippen molar-refractivity contribution in [2.45, 2.75) is 19.1 Å². The van der Waals surface area contributed by atoms with E-state index in [9.17, 15) is 4.79 Å². The summed E-state index contributed by atoms with van der Waals surface area (Å²) in [7, 11) is 0. The fourth-order valence-electron chi connectivity index (χ4n) is 0.369. The summed E-state index contributed by atoms with van der Waals surface area (Å²) in [6.07, 6.45) is -0.931. The minimum Gasteiger partial charge on any atom is -0.480 e. The fraction of sp³-hybridized carbons (Fsp3) is 0.750. The first kappa shape index (κ1) is 8.74. The molecule has 5 heteroatoms. The summed E-state index contributed by atoms with van der Waals surface area (Å²) >= 11 is 3.50. The van der Waals surface area contributed by atoms with Crippen molar-refractivity contribution in [1.82, 2.24) is 4.72 Å². The van der Waals surface area contributed by atoms with Crippen LogP contribution < -0.4 is 4.72 Å². The van der Waals surface area contributed by atoms with Crippen molar-refractivity contribution in [3.8, 4) is 0 Å². The summed E-state index contributed by atoms with van der Waals surface area (Å²) < 4.78 is 2.15. The number of carboxylic acid groups (broad SMARTS) is 1. The van der Waals surface area contributed by atoms with Crippen molar-refractivity contribution in [3.05, 3.63) is 0 Å². The highest BCUT2D eigenvalue weighted by atomic mass is 32.1. The largest absolute Gasteiger partial charge is 0.480 e. The number of thiol groups is 1. The van der Waals surface area contributed by atoms with Gasteiger partial charge in [0.05, 0.1) is 6.10 Å². The SMILES string of the molecule is C[C@H](O)[C@H](NS)C(=O)O. The third kappa shape index (κ3) is 2.69. The predicted octanol–water partition coefficient (Wildman–Crippen LogP) is -0.745. The van der Waals surface area contributed by atoms with E-state index in [1.807, 2.05) is 0 Å². The van der Waals surface area contributed by atoms with Crippen molar-refractivity contribution in [1.29, 1.82) is 0 Å². The second-order valence-electron chi connectivity index (χ2n) is 1.69. The molecule has 54 valence electrons. The maximum Gasteiger partial charge on any atom is 0.324 e. The molecule has 0 rings (SSSR count). The Kier molecular flexibility index (Phi) is 3.60. The average molecular weight is 151 g/mol. The molecule has 0 radical (unpaired) electrons. The topological polar surface area (TPSA) is 69.6 Å². The molecular weight excluding hydrogens is 142 g/mol. The van der Waals surface area contributed by atoms with Gasteiger partial charge in [-0.3, -0.25) is 9.52 Å². The second-order valence-corrected chi connectivity index (χ2v) is 1.94. The maximum atomic E-state index is 10.1. The van der Waals surface area contributed by atoms with Crippen LogP contribution in [0, 0.1) is 0 Å².